The van der Waals surface area contributed by atoms with Crippen LogP contribution in [0.25, 0.3) is 44.5 Å². The van der Waals surface area contributed by atoms with Crippen molar-refractivity contribution in [3.8, 4) is 39.4 Å². The van der Waals surface area contributed by atoms with Crippen LogP contribution in [0, 0.1) is 0 Å². The summed E-state index contributed by atoms with van der Waals surface area (Å²) in [6.07, 6.45) is -0.878. The first-order chi connectivity index (χ1) is 23.3. The molecular weight excluding hydrogens is 656 g/mol. The van der Waals surface area contributed by atoms with E-state index in [9.17, 15) is 18.1 Å². The van der Waals surface area contributed by atoms with Gasteiger partial charge in [0.1, 0.15) is 28.9 Å². The molecule has 0 N–H and O–H groups in total. The molecule has 2 aromatic heterocycles. The Kier molecular flexibility index (Phi) is 7.59. The van der Waals surface area contributed by atoms with E-state index in [4.69, 9.17) is 26.1 Å². The number of hydrogen-bond donors (Lipinski definition) is 0. The van der Waals surface area contributed by atoms with E-state index >= 15 is 0 Å². The van der Waals surface area contributed by atoms with Gasteiger partial charge in [-0.3, -0.25) is 4.98 Å². The molecule has 0 aliphatic carbocycles. The van der Waals surface area contributed by atoms with Gasteiger partial charge in [0.25, 0.3) is 6.43 Å². The van der Waals surface area contributed by atoms with Crippen molar-refractivity contribution in [1.29, 1.82) is 0 Å². The lowest BCUT2D eigenvalue weighted by molar-refractivity contribution is 0.0600. The standard InChI is InChI=1S/C37H26ClF2N3O4S/c1-46-37(44)24-9-13-28(30(38)17-24)22-4-2-5-23(16-22)35-33-29-18-25(47-26-19-42(20-26)32-6-3-15-41-34(32)33)10-14-31(29)43(35)48(45)27-11-7-21(8-12-27)36(39)40/h2-18,26,36H,19-20H2,1H3. The van der Waals surface area contributed by atoms with Crippen molar-refractivity contribution in [2.45, 2.75) is 17.4 Å². The number of methoxy groups -OCH3 is 1. The fraction of sp³-hybridized carbons (Fsp3) is 0.135. The van der Waals surface area contributed by atoms with E-state index < -0.39 is 23.8 Å². The Morgan fingerprint density at radius 2 is 1.79 bits per heavy atom. The highest BCUT2D eigenvalue weighted by atomic mass is 35.5. The normalized spacial score (nSPS) is 14.4. The largest absolute Gasteiger partial charge is 0.587 e. The predicted molar refractivity (Wildman–Crippen MR) is 182 cm³/mol. The number of ether oxygens (including phenoxy) is 2. The van der Waals surface area contributed by atoms with Gasteiger partial charge in [0, 0.05) is 38.9 Å². The molecule has 3 aliphatic heterocycles. The Balaban J connectivity index is 1.40. The molecule has 1 atom stereocenters. The highest BCUT2D eigenvalue weighted by molar-refractivity contribution is 7.90. The number of anilines is 1. The van der Waals surface area contributed by atoms with Crippen molar-refractivity contribution >= 4 is 45.5 Å². The lowest BCUT2D eigenvalue weighted by Crippen LogP contribution is -2.54. The van der Waals surface area contributed by atoms with Crippen molar-refractivity contribution in [3.05, 3.63) is 119 Å². The number of benzene rings is 4. The molecular formula is C37H26ClF2N3O4S. The molecule has 11 heteroatoms. The number of rotatable bonds is 6. The van der Waals surface area contributed by atoms with Gasteiger partial charge in [0.05, 0.1) is 42.7 Å². The Morgan fingerprint density at radius 3 is 2.54 bits per heavy atom. The van der Waals surface area contributed by atoms with Gasteiger partial charge in [-0.05, 0) is 78.4 Å². The Hall–Kier alpha value is -4.90. The minimum absolute atomic E-state index is 0.0214. The molecule has 1 saturated heterocycles. The van der Waals surface area contributed by atoms with Crippen molar-refractivity contribution in [3.63, 3.8) is 0 Å². The second-order valence-corrected chi connectivity index (χ2v) is 13.3. The Labute approximate surface area is 282 Å². The fourth-order valence-electron chi connectivity index (χ4n) is 6.40. The summed E-state index contributed by atoms with van der Waals surface area (Å²) in [6.45, 7) is 1.39. The first-order valence-corrected chi connectivity index (χ1v) is 16.6. The smallest absolute Gasteiger partial charge is 0.337 e. The second kappa shape index (κ2) is 12.0. The summed E-state index contributed by atoms with van der Waals surface area (Å²) in [6, 6.07) is 27.8. The molecule has 4 bridgehead atoms. The van der Waals surface area contributed by atoms with Crippen LogP contribution in [0.3, 0.4) is 0 Å². The lowest BCUT2D eigenvalue weighted by atomic mass is 9.96. The van der Waals surface area contributed by atoms with Gasteiger partial charge in [-0.1, -0.05) is 35.9 Å². The number of alkyl halides is 2. The average molecular weight is 682 g/mol. The number of hydrogen-bond acceptors (Lipinski definition) is 6. The maximum absolute atomic E-state index is 14.7. The number of carbonyl (C=O) groups is 1. The fourth-order valence-corrected chi connectivity index (χ4v) is 7.97. The van der Waals surface area contributed by atoms with E-state index in [0.29, 0.717) is 51.1 Å². The number of esters is 1. The molecule has 48 heavy (non-hydrogen) atoms. The van der Waals surface area contributed by atoms with Crippen molar-refractivity contribution < 1.29 is 27.6 Å². The van der Waals surface area contributed by atoms with Gasteiger partial charge in [-0.2, -0.15) is 3.97 Å². The molecule has 1 unspecified atom stereocenters. The van der Waals surface area contributed by atoms with Gasteiger partial charge < -0.3 is 18.9 Å². The molecule has 0 saturated carbocycles. The highest BCUT2D eigenvalue weighted by Crippen LogP contribution is 2.48. The monoisotopic (exact) mass is 681 g/mol. The van der Waals surface area contributed by atoms with E-state index in [2.05, 4.69) is 4.90 Å². The molecule has 0 spiro atoms. The lowest BCUT2D eigenvalue weighted by Gasteiger charge is -2.41. The maximum atomic E-state index is 14.7. The van der Waals surface area contributed by atoms with Crippen LogP contribution in [0.2, 0.25) is 5.02 Å². The molecule has 9 rings (SSSR count). The van der Waals surface area contributed by atoms with Crippen LogP contribution in [0.1, 0.15) is 22.3 Å². The zero-order valence-corrected chi connectivity index (χ0v) is 27.0. The van der Waals surface area contributed by atoms with E-state index in [0.717, 1.165) is 33.5 Å². The van der Waals surface area contributed by atoms with Crippen LogP contribution in [0.15, 0.2) is 108 Å². The summed E-state index contributed by atoms with van der Waals surface area (Å²) >= 11 is 4.85. The van der Waals surface area contributed by atoms with E-state index in [-0.39, 0.29) is 11.7 Å². The van der Waals surface area contributed by atoms with Gasteiger partial charge in [0.15, 0.2) is 4.90 Å². The Bertz CT molecular complexity index is 2220. The Morgan fingerprint density at radius 1 is 1.00 bits per heavy atom. The molecule has 3 aliphatic rings. The van der Waals surface area contributed by atoms with E-state index in [1.54, 1.807) is 28.4 Å². The second-order valence-electron chi connectivity index (χ2n) is 11.6. The van der Waals surface area contributed by atoms with Crippen LogP contribution in [0.5, 0.6) is 5.75 Å². The minimum Gasteiger partial charge on any atom is -0.587 e. The quantitative estimate of drug-likeness (QED) is 0.129. The molecule has 6 aromatic rings. The first kappa shape index (κ1) is 30.4. The van der Waals surface area contributed by atoms with E-state index in [1.807, 2.05) is 54.6 Å². The third-order valence-electron chi connectivity index (χ3n) is 8.75. The molecule has 0 amide bonds. The molecule has 240 valence electrons. The molecule has 7 nitrogen and oxygen atoms in total. The summed E-state index contributed by atoms with van der Waals surface area (Å²) in [7, 11) is 1.31. The number of aromatic nitrogens is 2. The van der Waals surface area contributed by atoms with Crippen LogP contribution in [-0.4, -0.2) is 45.8 Å². The molecule has 4 aromatic carbocycles. The predicted octanol–water partition coefficient (Wildman–Crippen LogP) is 8.57. The summed E-state index contributed by atoms with van der Waals surface area (Å²) in [5.41, 5.74) is 6.06. The van der Waals surface area contributed by atoms with Crippen LogP contribution >= 0.6 is 11.6 Å². The van der Waals surface area contributed by atoms with Crippen LogP contribution in [-0.2, 0) is 16.1 Å². The number of halogens is 3. The van der Waals surface area contributed by atoms with Crippen molar-refractivity contribution in [2.24, 2.45) is 0 Å². The third kappa shape index (κ3) is 5.08. The van der Waals surface area contributed by atoms with E-state index in [1.165, 1.54) is 31.4 Å². The number of nitrogens with zero attached hydrogens (tertiary/aromatic N) is 3. The van der Waals surface area contributed by atoms with Gasteiger partial charge in [-0.25, -0.2) is 13.6 Å². The van der Waals surface area contributed by atoms with Gasteiger partial charge >= 0.3 is 5.97 Å². The van der Waals surface area contributed by atoms with Crippen LogP contribution in [0.4, 0.5) is 14.5 Å². The molecule has 5 heterocycles. The maximum Gasteiger partial charge on any atom is 0.337 e. The summed E-state index contributed by atoms with van der Waals surface area (Å²) in [5, 5.41) is 1.15. The summed E-state index contributed by atoms with van der Waals surface area (Å²) < 4.78 is 54.5. The van der Waals surface area contributed by atoms with Crippen LogP contribution < -0.4 is 9.64 Å². The van der Waals surface area contributed by atoms with Crippen molar-refractivity contribution in [2.75, 3.05) is 25.1 Å². The van der Waals surface area contributed by atoms with Gasteiger partial charge in [-0.15, -0.1) is 0 Å². The third-order valence-corrected chi connectivity index (χ3v) is 10.4. The molecule has 0 radical (unpaired) electrons. The molecule has 1 fully saturated rings. The highest BCUT2D eigenvalue weighted by Gasteiger charge is 2.36. The minimum atomic E-state index is -2.64. The van der Waals surface area contributed by atoms with Gasteiger partial charge in [0.2, 0.25) is 0 Å². The zero-order chi connectivity index (χ0) is 33.1. The topological polar surface area (TPSA) is 79.6 Å². The number of pyridine rings is 1. The first-order valence-electron chi connectivity index (χ1n) is 15.1. The SMILES string of the molecule is COC(=O)c1ccc(-c2cccc(-c3c4c5cc(ccc5n3[S+]([O-])c3ccc(C(F)F)cc3)OC3CN(C3)c3cccnc3-4)c2)c(Cl)c1. The number of carbonyl (C=O) groups excluding carboxylic acids is 1. The summed E-state index contributed by atoms with van der Waals surface area (Å²) in [5.74, 6) is 0.196. The summed E-state index contributed by atoms with van der Waals surface area (Å²) in [4.78, 5) is 19.6. The van der Waals surface area contributed by atoms with Crippen molar-refractivity contribution in [1.82, 2.24) is 8.96 Å². The zero-order valence-electron chi connectivity index (χ0n) is 25.4. The average Bonchev–Trinajstić information content (AvgIpc) is 3.43.